The number of halogens is 1. The maximum absolute atomic E-state index is 13.7. The number of rotatable bonds is 11. The number of anilines is 1. The lowest BCUT2D eigenvalue weighted by molar-refractivity contribution is -0.160. The van der Waals surface area contributed by atoms with E-state index in [0.717, 1.165) is 65.1 Å². The maximum atomic E-state index is 13.7. The Morgan fingerprint density at radius 1 is 0.882 bits per heavy atom. The molecule has 0 radical (unpaired) electrons. The average molecular weight is 696 g/mol. The number of aliphatic carboxylic acids is 1. The number of carboxylic acid groups (broad SMARTS) is 1. The number of aromatic nitrogens is 1. The van der Waals surface area contributed by atoms with Gasteiger partial charge in [-0.05, 0) is 87.3 Å². The van der Waals surface area contributed by atoms with Gasteiger partial charge in [0.25, 0.3) is 0 Å². The van der Waals surface area contributed by atoms with Gasteiger partial charge in [-0.3, -0.25) is 9.88 Å². The van der Waals surface area contributed by atoms with Crippen LogP contribution in [0.3, 0.4) is 0 Å². The fourth-order valence-corrected chi connectivity index (χ4v) is 6.56. The minimum Gasteiger partial charge on any atom is -0.479 e. The predicted octanol–water partition coefficient (Wildman–Crippen LogP) is 9.41. The second-order valence-corrected chi connectivity index (χ2v) is 15.2. The van der Waals surface area contributed by atoms with Crippen LogP contribution in [0.1, 0.15) is 87.2 Å². The van der Waals surface area contributed by atoms with Gasteiger partial charge in [-0.15, -0.1) is 0 Å². The van der Waals surface area contributed by atoms with E-state index in [4.69, 9.17) is 14.5 Å². The Hall–Kier alpha value is -4.76. The number of piperidine rings is 1. The summed E-state index contributed by atoms with van der Waals surface area (Å²) in [5.74, 6) is -1.40. The third kappa shape index (κ3) is 9.73. The van der Waals surface area contributed by atoms with Gasteiger partial charge in [-0.2, -0.15) is 0 Å². The van der Waals surface area contributed by atoms with Crippen molar-refractivity contribution < 1.29 is 28.6 Å². The SMILES string of the molecule is Cc1nc(C)c([C@H](OC(C)(C)C)C(=O)O)c(N2CCC(C)(C)CC2)c1-c1ccc(CN(Cc2ccc(F)cc2)C(=O)OCc2ccccc2)cc1. The highest BCUT2D eigenvalue weighted by Gasteiger charge is 2.36. The number of hydrogen-bond donors (Lipinski definition) is 1. The molecule has 1 saturated heterocycles. The zero-order valence-corrected chi connectivity index (χ0v) is 30.8. The van der Waals surface area contributed by atoms with Crippen LogP contribution in [0.4, 0.5) is 14.9 Å². The first-order valence-electron chi connectivity index (χ1n) is 17.6. The second kappa shape index (κ2) is 15.6. The van der Waals surface area contributed by atoms with E-state index in [1.807, 2.05) is 89.2 Å². The van der Waals surface area contributed by atoms with E-state index in [0.29, 0.717) is 11.3 Å². The van der Waals surface area contributed by atoms with Crippen molar-refractivity contribution in [2.24, 2.45) is 5.41 Å². The predicted molar refractivity (Wildman–Crippen MR) is 198 cm³/mol. The minimum absolute atomic E-state index is 0.132. The quantitative estimate of drug-likeness (QED) is 0.167. The summed E-state index contributed by atoms with van der Waals surface area (Å²) in [4.78, 5) is 35.1. The number of hydrogen-bond acceptors (Lipinski definition) is 6. The van der Waals surface area contributed by atoms with Crippen molar-refractivity contribution in [3.63, 3.8) is 0 Å². The Morgan fingerprint density at radius 3 is 2.00 bits per heavy atom. The first kappa shape index (κ1) is 37.5. The molecule has 1 aliphatic heterocycles. The van der Waals surface area contributed by atoms with E-state index in [-0.39, 0.29) is 30.9 Å². The monoisotopic (exact) mass is 695 g/mol. The molecule has 0 bridgehead atoms. The van der Waals surface area contributed by atoms with Crippen LogP contribution in [0.5, 0.6) is 0 Å². The molecule has 0 unspecified atom stereocenters. The zero-order chi connectivity index (χ0) is 36.9. The summed E-state index contributed by atoms with van der Waals surface area (Å²) in [5.41, 5.74) is 6.63. The van der Waals surface area contributed by atoms with Crippen molar-refractivity contribution in [1.82, 2.24) is 9.88 Å². The van der Waals surface area contributed by atoms with Crippen LogP contribution in [0, 0.1) is 25.1 Å². The third-order valence-electron chi connectivity index (χ3n) is 9.34. The highest BCUT2D eigenvalue weighted by molar-refractivity contribution is 5.88. The second-order valence-electron chi connectivity index (χ2n) is 15.2. The highest BCUT2D eigenvalue weighted by atomic mass is 19.1. The molecule has 1 amide bonds. The van der Waals surface area contributed by atoms with E-state index >= 15 is 0 Å². The van der Waals surface area contributed by atoms with Gasteiger partial charge in [0.05, 0.1) is 11.3 Å². The summed E-state index contributed by atoms with van der Waals surface area (Å²) in [6.45, 7) is 16.1. The number of pyridine rings is 1. The van der Waals surface area contributed by atoms with Crippen LogP contribution in [0.25, 0.3) is 11.1 Å². The molecule has 5 rings (SSSR count). The topological polar surface area (TPSA) is 92.2 Å². The van der Waals surface area contributed by atoms with Gasteiger partial charge in [0, 0.05) is 48.7 Å². The Kier molecular flexibility index (Phi) is 11.5. The van der Waals surface area contributed by atoms with Crippen LogP contribution in [0.2, 0.25) is 0 Å². The van der Waals surface area contributed by atoms with Crippen LogP contribution >= 0.6 is 0 Å². The molecule has 2 heterocycles. The van der Waals surface area contributed by atoms with E-state index in [2.05, 4.69) is 18.7 Å². The van der Waals surface area contributed by atoms with Crippen LogP contribution in [-0.2, 0) is 34.0 Å². The normalized spacial score (nSPS) is 14.9. The lowest BCUT2D eigenvalue weighted by Crippen LogP contribution is -2.39. The Labute approximate surface area is 301 Å². The van der Waals surface area contributed by atoms with E-state index in [9.17, 15) is 19.1 Å². The van der Waals surface area contributed by atoms with Crippen molar-refractivity contribution in [3.05, 3.63) is 118 Å². The number of carboxylic acids is 1. The summed E-state index contributed by atoms with van der Waals surface area (Å²) < 4.78 is 25.6. The first-order chi connectivity index (χ1) is 24.1. The molecule has 51 heavy (non-hydrogen) atoms. The van der Waals surface area contributed by atoms with Crippen molar-refractivity contribution in [2.45, 2.75) is 92.7 Å². The summed E-state index contributed by atoms with van der Waals surface area (Å²) >= 11 is 0. The van der Waals surface area contributed by atoms with Crippen LogP contribution in [-0.4, -0.2) is 45.7 Å². The summed E-state index contributed by atoms with van der Waals surface area (Å²) in [7, 11) is 0. The number of ether oxygens (including phenoxy) is 2. The maximum Gasteiger partial charge on any atom is 0.410 e. The van der Waals surface area contributed by atoms with Gasteiger partial charge in [0.2, 0.25) is 0 Å². The Bertz CT molecular complexity index is 1810. The largest absolute Gasteiger partial charge is 0.479 e. The van der Waals surface area contributed by atoms with Gasteiger partial charge in [0.1, 0.15) is 12.4 Å². The molecular weight excluding hydrogens is 645 g/mol. The first-order valence-corrected chi connectivity index (χ1v) is 17.6. The molecule has 3 aromatic carbocycles. The standard InChI is InChI=1S/C42H50FN3O5/c1-28-35(37(45-23-21-42(6,7)22-24-45)36(29(2)44-28)38(39(47)48)51-41(3,4)5)33-17-13-30(14-18-33)25-46(26-31-15-19-34(43)20-16-31)40(49)50-27-32-11-9-8-10-12-32/h8-20,38H,21-27H2,1-7H3,(H,47,48)/t38-/m0/s1. The molecule has 0 aliphatic carbocycles. The van der Waals surface area contributed by atoms with Crippen molar-refractivity contribution >= 4 is 17.7 Å². The van der Waals surface area contributed by atoms with Crippen LogP contribution in [0.15, 0.2) is 78.9 Å². The number of amides is 1. The molecular formula is C42H50FN3O5. The minimum atomic E-state index is -1.21. The van der Waals surface area contributed by atoms with E-state index < -0.39 is 23.8 Å². The lowest BCUT2D eigenvalue weighted by atomic mass is 9.81. The molecule has 1 atom stereocenters. The van der Waals surface area contributed by atoms with Gasteiger partial charge >= 0.3 is 12.1 Å². The van der Waals surface area contributed by atoms with Gasteiger partial charge in [-0.25, -0.2) is 14.0 Å². The number of carbonyl (C=O) groups excluding carboxylic acids is 1. The zero-order valence-electron chi connectivity index (χ0n) is 30.8. The van der Waals surface area contributed by atoms with Gasteiger partial charge in [0.15, 0.2) is 6.10 Å². The summed E-state index contributed by atoms with van der Waals surface area (Å²) in [6, 6.07) is 23.5. The average Bonchev–Trinajstić information content (AvgIpc) is 3.07. The molecule has 9 heteroatoms. The number of nitrogens with zero attached hydrogens (tertiary/aromatic N) is 3. The molecule has 1 aliphatic rings. The summed E-state index contributed by atoms with van der Waals surface area (Å²) in [6.07, 6.45) is 0.244. The Morgan fingerprint density at radius 2 is 1.45 bits per heavy atom. The van der Waals surface area contributed by atoms with Gasteiger partial charge in [-0.1, -0.05) is 80.6 Å². The van der Waals surface area contributed by atoms with Gasteiger partial charge < -0.3 is 19.5 Å². The molecule has 8 nitrogen and oxygen atoms in total. The summed E-state index contributed by atoms with van der Waals surface area (Å²) in [5, 5.41) is 10.5. The highest BCUT2D eigenvalue weighted by Crippen LogP contribution is 2.45. The van der Waals surface area contributed by atoms with E-state index in [1.165, 1.54) is 12.1 Å². The molecule has 1 fully saturated rings. The molecule has 1 aromatic heterocycles. The fourth-order valence-electron chi connectivity index (χ4n) is 6.56. The van der Waals surface area contributed by atoms with Crippen molar-refractivity contribution in [1.29, 1.82) is 0 Å². The molecule has 1 N–H and O–H groups in total. The smallest absolute Gasteiger partial charge is 0.410 e. The van der Waals surface area contributed by atoms with Crippen LogP contribution < -0.4 is 4.90 Å². The number of benzene rings is 3. The molecule has 270 valence electrons. The van der Waals surface area contributed by atoms with Crippen molar-refractivity contribution in [2.75, 3.05) is 18.0 Å². The Balaban J connectivity index is 1.51. The molecule has 4 aromatic rings. The van der Waals surface area contributed by atoms with Crippen molar-refractivity contribution in [3.8, 4) is 11.1 Å². The molecule has 0 saturated carbocycles. The van der Waals surface area contributed by atoms with E-state index in [1.54, 1.807) is 17.0 Å². The molecule has 0 spiro atoms. The fraction of sp³-hybridized carbons (Fsp3) is 0.405. The number of aryl methyl sites for hydroxylation is 2. The third-order valence-corrected chi connectivity index (χ3v) is 9.34. The lowest BCUT2D eigenvalue weighted by Gasteiger charge is -2.41. The number of carbonyl (C=O) groups is 2.